The van der Waals surface area contributed by atoms with E-state index in [1.165, 1.54) is 0 Å². The number of ether oxygens (including phenoxy) is 2. The predicted octanol–water partition coefficient (Wildman–Crippen LogP) is 4.93. The van der Waals surface area contributed by atoms with Crippen LogP contribution in [0.4, 0.5) is 21.0 Å². The highest BCUT2D eigenvalue weighted by Crippen LogP contribution is 2.24. The van der Waals surface area contributed by atoms with Gasteiger partial charge in [-0.3, -0.25) is 20.0 Å². The van der Waals surface area contributed by atoms with Crippen LogP contribution in [-0.2, 0) is 9.47 Å². The molecule has 1 aromatic heterocycles. The van der Waals surface area contributed by atoms with Crippen LogP contribution in [0.3, 0.4) is 0 Å². The number of urea groups is 1. The van der Waals surface area contributed by atoms with E-state index in [1.54, 1.807) is 57.3 Å². The summed E-state index contributed by atoms with van der Waals surface area (Å²) in [5, 5.41) is 11.4. The van der Waals surface area contributed by atoms with Crippen molar-refractivity contribution >= 4 is 29.4 Å². The molecule has 11 heteroatoms. The van der Waals surface area contributed by atoms with Crippen LogP contribution in [0.1, 0.15) is 75.5 Å². The van der Waals surface area contributed by atoms with E-state index in [9.17, 15) is 14.4 Å². The number of unbranched alkanes of at least 4 members (excludes halogenated alkanes) is 1. The summed E-state index contributed by atoms with van der Waals surface area (Å²) in [6.45, 7) is 12.4. The van der Waals surface area contributed by atoms with Gasteiger partial charge in [0, 0.05) is 25.8 Å². The molecule has 4 amide bonds. The monoisotopic (exact) mass is 568 g/mol. The van der Waals surface area contributed by atoms with Crippen LogP contribution in [0.25, 0.3) is 0 Å². The van der Waals surface area contributed by atoms with Crippen molar-refractivity contribution in [2.45, 2.75) is 65.0 Å². The molecule has 0 saturated carbocycles. The number of anilines is 2. The predicted molar refractivity (Wildman–Crippen MR) is 159 cm³/mol. The number of nitrogens with one attached hydrogen (secondary N) is 4. The first-order valence-corrected chi connectivity index (χ1v) is 14.4. The van der Waals surface area contributed by atoms with E-state index in [-0.39, 0.29) is 17.8 Å². The van der Waals surface area contributed by atoms with E-state index >= 15 is 0 Å². The lowest BCUT2D eigenvalue weighted by atomic mass is 10.0. The number of carbonyl (C=O) groups excluding carboxylic acids is 3. The lowest BCUT2D eigenvalue weighted by Crippen LogP contribution is -2.38. The number of benzene rings is 1. The Labute approximate surface area is 242 Å². The van der Waals surface area contributed by atoms with Gasteiger partial charge in [-0.1, -0.05) is 25.1 Å². The summed E-state index contributed by atoms with van der Waals surface area (Å²) in [5.41, 5.74) is 1.21. The summed E-state index contributed by atoms with van der Waals surface area (Å²) in [7, 11) is 0. The second-order valence-electron chi connectivity index (χ2n) is 11.0. The summed E-state index contributed by atoms with van der Waals surface area (Å²) in [5.74, 6) is -0.425. The Hall–Kier alpha value is -3.70. The Balaban J connectivity index is 1.63. The number of pyridine rings is 1. The number of amides is 4. The summed E-state index contributed by atoms with van der Waals surface area (Å²) in [6.07, 6.45) is 4.56. The van der Waals surface area contributed by atoms with Crippen molar-refractivity contribution in [1.82, 2.24) is 20.5 Å². The van der Waals surface area contributed by atoms with E-state index in [0.717, 1.165) is 64.1 Å². The van der Waals surface area contributed by atoms with Gasteiger partial charge in [-0.15, -0.1) is 0 Å². The molecule has 0 radical (unpaired) electrons. The van der Waals surface area contributed by atoms with Crippen molar-refractivity contribution in [1.29, 1.82) is 0 Å². The van der Waals surface area contributed by atoms with Gasteiger partial charge in [-0.2, -0.15) is 0 Å². The SMILES string of the molecule is CCCNC(=O)NC(CCCCN1CCOCC1)c1ccc(C(=O)Nc2ccccc2NC(=O)OC(C)(C)C)nc1. The largest absolute Gasteiger partial charge is 0.444 e. The van der Waals surface area contributed by atoms with Crippen molar-refractivity contribution < 1.29 is 23.9 Å². The third-order valence-electron chi connectivity index (χ3n) is 6.39. The fourth-order valence-corrected chi connectivity index (χ4v) is 4.33. The maximum atomic E-state index is 13.0. The van der Waals surface area contributed by atoms with Gasteiger partial charge in [0.2, 0.25) is 0 Å². The molecule has 2 heterocycles. The van der Waals surface area contributed by atoms with Crippen LogP contribution in [-0.4, -0.2) is 72.9 Å². The van der Waals surface area contributed by atoms with E-state index in [0.29, 0.717) is 17.9 Å². The number of rotatable bonds is 12. The van der Waals surface area contributed by atoms with Gasteiger partial charge in [-0.05, 0) is 76.8 Å². The zero-order valence-electron chi connectivity index (χ0n) is 24.6. The van der Waals surface area contributed by atoms with Crippen molar-refractivity contribution in [2.24, 2.45) is 0 Å². The highest BCUT2D eigenvalue weighted by atomic mass is 16.6. The van der Waals surface area contributed by atoms with Crippen molar-refractivity contribution in [2.75, 3.05) is 50.0 Å². The second kappa shape index (κ2) is 15.9. The molecule has 1 aliphatic heterocycles. The van der Waals surface area contributed by atoms with Gasteiger partial charge in [0.25, 0.3) is 5.91 Å². The molecule has 1 aromatic carbocycles. The van der Waals surface area contributed by atoms with E-state index < -0.39 is 17.6 Å². The van der Waals surface area contributed by atoms with Crippen molar-refractivity contribution in [3.05, 3.63) is 53.9 Å². The number of aromatic nitrogens is 1. The lowest BCUT2D eigenvalue weighted by molar-refractivity contribution is 0.0370. The fraction of sp³-hybridized carbons (Fsp3) is 0.533. The van der Waals surface area contributed by atoms with E-state index in [4.69, 9.17) is 9.47 Å². The lowest BCUT2D eigenvalue weighted by Gasteiger charge is -2.26. The maximum absolute atomic E-state index is 13.0. The molecule has 4 N–H and O–H groups in total. The minimum absolute atomic E-state index is 0.210. The Morgan fingerprint density at radius 3 is 2.37 bits per heavy atom. The molecule has 1 fully saturated rings. The van der Waals surface area contributed by atoms with Gasteiger partial charge >= 0.3 is 12.1 Å². The smallest absolute Gasteiger partial charge is 0.412 e. The van der Waals surface area contributed by atoms with Crippen LogP contribution in [0.5, 0.6) is 0 Å². The fourth-order valence-electron chi connectivity index (χ4n) is 4.33. The number of hydrogen-bond donors (Lipinski definition) is 4. The van der Waals surface area contributed by atoms with Crippen molar-refractivity contribution in [3.63, 3.8) is 0 Å². The quantitative estimate of drug-likeness (QED) is 0.267. The molecule has 2 aromatic rings. The number of nitrogens with zero attached hydrogens (tertiary/aromatic N) is 2. The van der Waals surface area contributed by atoms with Crippen LogP contribution in [0.15, 0.2) is 42.6 Å². The second-order valence-corrected chi connectivity index (χ2v) is 11.0. The summed E-state index contributed by atoms with van der Waals surface area (Å²) in [4.78, 5) is 44.5. The molecular weight excluding hydrogens is 524 g/mol. The Bertz CT molecular complexity index is 1130. The maximum Gasteiger partial charge on any atom is 0.412 e. The average molecular weight is 569 g/mol. The number of carbonyl (C=O) groups is 3. The zero-order chi connectivity index (χ0) is 29.7. The average Bonchev–Trinajstić information content (AvgIpc) is 2.94. The Morgan fingerprint density at radius 1 is 1.02 bits per heavy atom. The molecule has 41 heavy (non-hydrogen) atoms. The topological polar surface area (TPSA) is 134 Å². The molecule has 1 aliphatic rings. The van der Waals surface area contributed by atoms with Crippen LogP contribution in [0, 0.1) is 0 Å². The molecule has 11 nitrogen and oxygen atoms in total. The van der Waals surface area contributed by atoms with E-state index in [2.05, 4.69) is 31.2 Å². The standard InChI is InChI=1S/C30H44N6O5/c1-5-15-31-28(38)34-23(10-8-9-16-36-17-19-40-20-18-36)22-13-14-26(32-21-22)27(37)33-24-11-6-7-12-25(24)35-29(39)41-30(2,3)4/h6-7,11-14,21,23H,5,8-10,15-20H2,1-4H3,(H,33,37)(H,35,39)(H2,31,34,38). The molecule has 3 rings (SSSR count). The number of hydrogen-bond acceptors (Lipinski definition) is 7. The normalized spacial score (nSPS) is 14.5. The molecule has 0 spiro atoms. The molecule has 224 valence electrons. The number of para-hydroxylation sites is 2. The Morgan fingerprint density at radius 2 is 1.73 bits per heavy atom. The van der Waals surface area contributed by atoms with Gasteiger partial charge < -0.3 is 25.4 Å². The summed E-state index contributed by atoms with van der Waals surface area (Å²) >= 11 is 0. The minimum atomic E-state index is -0.653. The van der Waals surface area contributed by atoms with Crippen LogP contribution >= 0.6 is 0 Å². The van der Waals surface area contributed by atoms with Gasteiger partial charge in [0.15, 0.2) is 0 Å². The molecule has 0 aliphatic carbocycles. The first-order valence-electron chi connectivity index (χ1n) is 14.4. The molecular formula is C30H44N6O5. The van der Waals surface area contributed by atoms with Gasteiger partial charge in [0.05, 0.1) is 30.6 Å². The molecule has 1 saturated heterocycles. The number of morpholine rings is 1. The molecule has 0 bridgehead atoms. The third kappa shape index (κ3) is 11.4. The zero-order valence-corrected chi connectivity index (χ0v) is 24.6. The Kier molecular flexibility index (Phi) is 12.4. The third-order valence-corrected chi connectivity index (χ3v) is 6.39. The minimum Gasteiger partial charge on any atom is -0.444 e. The van der Waals surface area contributed by atoms with E-state index in [1.807, 2.05) is 13.0 Å². The first kappa shape index (κ1) is 31.8. The van der Waals surface area contributed by atoms with Gasteiger partial charge in [0.1, 0.15) is 11.3 Å². The first-order chi connectivity index (χ1) is 19.6. The van der Waals surface area contributed by atoms with Gasteiger partial charge in [-0.25, -0.2) is 9.59 Å². The van der Waals surface area contributed by atoms with Crippen molar-refractivity contribution in [3.8, 4) is 0 Å². The van der Waals surface area contributed by atoms with Crippen LogP contribution < -0.4 is 21.3 Å². The highest BCUT2D eigenvalue weighted by molar-refractivity contribution is 6.05. The molecule has 1 atom stereocenters. The molecule has 1 unspecified atom stereocenters. The summed E-state index contributed by atoms with van der Waals surface area (Å²) < 4.78 is 10.7. The summed E-state index contributed by atoms with van der Waals surface area (Å²) in [6, 6.07) is 9.87. The van der Waals surface area contributed by atoms with Crippen LogP contribution in [0.2, 0.25) is 0 Å². The highest BCUT2D eigenvalue weighted by Gasteiger charge is 2.19.